The molecule has 2 N–H and O–H groups in total. The van der Waals surface area contributed by atoms with Crippen molar-refractivity contribution < 1.29 is 41.8 Å². The first-order valence-electron chi connectivity index (χ1n) is 11.3. The van der Waals surface area contributed by atoms with Crippen LogP contribution in [0.2, 0.25) is 0 Å². The number of alkyl halides is 3. The number of carbonyl (C=O) groups excluding carboxylic acids is 4. The molecule has 3 aliphatic heterocycles. The lowest BCUT2D eigenvalue weighted by Crippen LogP contribution is -2.53. The lowest BCUT2D eigenvalue weighted by atomic mass is 9.95. The highest BCUT2D eigenvalue weighted by atomic mass is 19.4. The molecule has 0 aromatic heterocycles. The number of ketones is 1. The summed E-state index contributed by atoms with van der Waals surface area (Å²) in [6.07, 6.45) is -1.79. The first-order chi connectivity index (χ1) is 15.6. The molecule has 1 spiro atoms. The number of halogens is 3. The smallest absolute Gasteiger partial charge is 0.368 e. The van der Waals surface area contributed by atoms with Crippen LogP contribution in [-0.2, 0) is 28.7 Å². The van der Waals surface area contributed by atoms with Crippen molar-refractivity contribution in [1.82, 2.24) is 15.5 Å². The fourth-order valence-electron chi connectivity index (χ4n) is 4.97. The molecule has 0 bridgehead atoms. The van der Waals surface area contributed by atoms with Gasteiger partial charge < -0.3 is 20.3 Å². The Morgan fingerprint density at radius 2 is 2.03 bits per heavy atom. The highest BCUT2D eigenvalue weighted by Gasteiger charge is 2.56. The topological polar surface area (TPSA) is 114 Å². The molecular weight excluding hydrogens is 447 g/mol. The molecule has 184 valence electrons. The van der Waals surface area contributed by atoms with Gasteiger partial charge in [-0.1, -0.05) is 0 Å². The first-order valence-corrected chi connectivity index (χ1v) is 11.3. The predicted molar refractivity (Wildman–Crippen MR) is 105 cm³/mol. The second-order valence-electron chi connectivity index (χ2n) is 9.46. The minimum absolute atomic E-state index is 0.124. The zero-order chi connectivity index (χ0) is 23.8. The quantitative estimate of drug-likeness (QED) is 0.533. The third-order valence-corrected chi connectivity index (χ3v) is 7.02. The Bertz CT molecular complexity index is 810. The zero-order valence-electron chi connectivity index (χ0n) is 18.1. The number of ether oxygens (including phenoxy) is 2. The number of likely N-dealkylation sites (tertiary alicyclic amines) is 1. The Labute approximate surface area is 188 Å². The van der Waals surface area contributed by atoms with E-state index in [1.165, 1.54) is 4.90 Å². The van der Waals surface area contributed by atoms with E-state index in [1.54, 1.807) is 0 Å². The summed E-state index contributed by atoms with van der Waals surface area (Å²) >= 11 is 0. The van der Waals surface area contributed by atoms with Gasteiger partial charge in [-0.15, -0.1) is 13.2 Å². The summed E-state index contributed by atoms with van der Waals surface area (Å²) in [5.74, 6) is -2.76. The van der Waals surface area contributed by atoms with Crippen LogP contribution in [0, 0.1) is 11.3 Å². The van der Waals surface area contributed by atoms with E-state index in [-0.39, 0.29) is 23.7 Å². The van der Waals surface area contributed by atoms with Gasteiger partial charge in [0, 0.05) is 25.6 Å². The molecule has 0 aromatic rings. The van der Waals surface area contributed by atoms with Gasteiger partial charge >= 0.3 is 6.36 Å². The Balaban J connectivity index is 1.46. The van der Waals surface area contributed by atoms with E-state index >= 15 is 0 Å². The van der Waals surface area contributed by atoms with Crippen molar-refractivity contribution in [3.05, 3.63) is 0 Å². The molecule has 0 aromatic carbocycles. The molecular formula is C21H28F3N3O6. The number of carbonyl (C=O) groups is 4. The molecule has 33 heavy (non-hydrogen) atoms. The maximum Gasteiger partial charge on any atom is 0.522 e. The van der Waals surface area contributed by atoms with Crippen LogP contribution in [0.4, 0.5) is 13.2 Å². The van der Waals surface area contributed by atoms with Gasteiger partial charge in [-0.05, 0) is 50.4 Å². The number of nitrogens with one attached hydrogen (secondary N) is 2. The molecule has 1 saturated carbocycles. The van der Waals surface area contributed by atoms with E-state index in [2.05, 4.69) is 15.4 Å². The van der Waals surface area contributed by atoms with Crippen molar-refractivity contribution >= 4 is 23.5 Å². The molecule has 3 saturated heterocycles. The molecule has 12 heteroatoms. The van der Waals surface area contributed by atoms with E-state index in [0.717, 1.165) is 19.3 Å². The van der Waals surface area contributed by atoms with Crippen LogP contribution in [0.3, 0.4) is 0 Å². The number of hydrogen-bond acceptors (Lipinski definition) is 6. The number of hydrogen-bond donors (Lipinski definition) is 2. The van der Waals surface area contributed by atoms with Gasteiger partial charge in [0.15, 0.2) is 5.78 Å². The average Bonchev–Trinajstić information content (AvgIpc) is 3.13. The van der Waals surface area contributed by atoms with Gasteiger partial charge in [0.2, 0.25) is 11.8 Å². The van der Waals surface area contributed by atoms with Gasteiger partial charge in [0.1, 0.15) is 18.8 Å². The van der Waals surface area contributed by atoms with E-state index < -0.39 is 48.8 Å². The minimum atomic E-state index is -5.00. The Morgan fingerprint density at radius 3 is 2.61 bits per heavy atom. The van der Waals surface area contributed by atoms with Crippen molar-refractivity contribution in [1.29, 1.82) is 0 Å². The summed E-state index contributed by atoms with van der Waals surface area (Å²) in [5, 5.41) is 5.14. The minimum Gasteiger partial charge on any atom is -0.368 e. The van der Waals surface area contributed by atoms with Crippen molar-refractivity contribution in [2.45, 2.75) is 69.5 Å². The largest absolute Gasteiger partial charge is 0.522 e. The van der Waals surface area contributed by atoms with Crippen LogP contribution in [-0.4, -0.2) is 79.3 Å². The summed E-state index contributed by atoms with van der Waals surface area (Å²) in [5.41, 5.74) is -0.124. The van der Waals surface area contributed by atoms with E-state index in [9.17, 15) is 32.3 Å². The second-order valence-corrected chi connectivity index (χ2v) is 9.46. The number of amides is 3. The summed E-state index contributed by atoms with van der Waals surface area (Å²) in [6.45, 7) is 0.0261. The lowest BCUT2D eigenvalue weighted by Gasteiger charge is -2.28. The van der Waals surface area contributed by atoms with Crippen molar-refractivity contribution in [2.75, 3.05) is 26.3 Å². The lowest BCUT2D eigenvalue weighted by molar-refractivity contribution is -0.321. The number of Topliss-reactive ketones (excluding diaryl/α,β-unsaturated/α-hetero) is 1. The molecule has 3 heterocycles. The fourth-order valence-corrected chi connectivity index (χ4v) is 4.97. The van der Waals surface area contributed by atoms with Crippen molar-refractivity contribution in [2.24, 2.45) is 11.3 Å². The van der Waals surface area contributed by atoms with Crippen LogP contribution in [0.1, 0.15) is 44.9 Å². The van der Waals surface area contributed by atoms with Crippen molar-refractivity contribution in [3.63, 3.8) is 0 Å². The Kier molecular flexibility index (Phi) is 6.68. The van der Waals surface area contributed by atoms with Crippen molar-refractivity contribution in [3.8, 4) is 0 Å². The zero-order valence-corrected chi connectivity index (χ0v) is 18.1. The van der Waals surface area contributed by atoms with Gasteiger partial charge in [0.25, 0.3) is 5.91 Å². The molecule has 0 unspecified atom stereocenters. The molecule has 3 amide bonds. The van der Waals surface area contributed by atoms with Crippen LogP contribution in [0.5, 0.6) is 0 Å². The third-order valence-electron chi connectivity index (χ3n) is 7.02. The van der Waals surface area contributed by atoms with Gasteiger partial charge in [-0.25, -0.2) is 0 Å². The van der Waals surface area contributed by atoms with Gasteiger partial charge in [0.05, 0.1) is 6.04 Å². The average molecular weight is 475 g/mol. The fraction of sp³-hybridized carbons (Fsp3) is 0.810. The predicted octanol–water partition coefficient (Wildman–Crippen LogP) is 0.663. The van der Waals surface area contributed by atoms with Crippen LogP contribution in [0.15, 0.2) is 0 Å². The highest BCUT2D eigenvalue weighted by molar-refractivity contribution is 5.95. The third kappa shape index (κ3) is 5.65. The molecule has 0 radical (unpaired) electrons. The first kappa shape index (κ1) is 23.9. The Hall–Kier alpha value is -2.21. The summed E-state index contributed by atoms with van der Waals surface area (Å²) in [6, 6.07) is -2.16. The number of rotatable bonds is 8. The molecule has 9 nitrogen and oxygen atoms in total. The van der Waals surface area contributed by atoms with Crippen LogP contribution in [0.25, 0.3) is 0 Å². The highest BCUT2D eigenvalue weighted by Crippen LogP contribution is 2.55. The number of nitrogens with zero attached hydrogens (tertiary/aromatic N) is 1. The monoisotopic (exact) mass is 475 g/mol. The van der Waals surface area contributed by atoms with E-state index in [1.807, 2.05) is 0 Å². The van der Waals surface area contributed by atoms with Gasteiger partial charge in [-0.3, -0.25) is 23.9 Å². The van der Waals surface area contributed by atoms with Gasteiger partial charge in [-0.2, -0.15) is 0 Å². The summed E-state index contributed by atoms with van der Waals surface area (Å²) < 4.78 is 46.5. The Morgan fingerprint density at radius 1 is 1.27 bits per heavy atom. The summed E-state index contributed by atoms with van der Waals surface area (Å²) in [4.78, 5) is 52.2. The standard InChI is InChI=1S/C21H28F3N3O6/c22-21(23,24)33-10-15(28)13(8-12-3-6-25-17(12)29)26-18(30)14-9-20(4-5-20)11-27(14)19(31)16-2-1-7-32-16/h12-14,16H,1-11H2,(H,25,29)(H,26,30)/t12-,13-,14-,16+/m0/s1. The van der Waals surface area contributed by atoms with Crippen LogP contribution >= 0.6 is 0 Å². The second kappa shape index (κ2) is 9.21. The maximum absolute atomic E-state index is 13.2. The summed E-state index contributed by atoms with van der Waals surface area (Å²) in [7, 11) is 0. The van der Waals surface area contributed by atoms with E-state index in [0.29, 0.717) is 39.0 Å². The maximum atomic E-state index is 13.2. The molecule has 4 fully saturated rings. The molecule has 4 aliphatic rings. The van der Waals surface area contributed by atoms with E-state index in [4.69, 9.17) is 4.74 Å². The molecule has 4 rings (SSSR count). The molecule has 4 atom stereocenters. The van der Waals surface area contributed by atoms with Crippen LogP contribution < -0.4 is 10.6 Å². The molecule has 1 aliphatic carbocycles. The SMILES string of the molecule is O=C1NCC[C@H]1C[C@H](NC(=O)[C@@H]1CC2(CC2)CN1C(=O)[C@H]1CCCO1)C(=O)COC(F)(F)F. The normalized spacial score (nSPS) is 29.2.